The van der Waals surface area contributed by atoms with Gasteiger partial charge in [-0.15, -0.1) is 0 Å². The van der Waals surface area contributed by atoms with Gasteiger partial charge in [0, 0.05) is 31.7 Å². The molecule has 0 aliphatic carbocycles. The van der Waals surface area contributed by atoms with Crippen molar-refractivity contribution in [1.82, 2.24) is 10.2 Å². The first-order chi connectivity index (χ1) is 9.86. The summed E-state index contributed by atoms with van der Waals surface area (Å²) in [5.41, 5.74) is 1.83. The van der Waals surface area contributed by atoms with Crippen LogP contribution in [0.25, 0.3) is 0 Å². The number of hydrogen-bond donors (Lipinski definition) is 1. The number of hydrogen-bond acceptors (Lipinski definition) is 3. The summed E-state index contributed by atoms with van der Waals surface area (Å²) in [4.78, 5) is 2.74. The van der Waals surface area contributed by atoms with Crippen molar-refractivity contribution >= 4 is 11.3 Å². The van der Waals surface area contributed by atoms with E-state index in [9.17, 15) is 0 Å². The van der Waals surface area contributed by atoms with Gasteiger partial charge in [0.15, 0.2) is 0 Å². The summed E-state index contributed by atoms with van der Waals surface area (Å²) in [6.07, 6.45) is 2.47. The molecule has 120 valence electrons. The van der Waals surface area contributed by atoms with Gasteiger partial charge in [-0.3, -0.25) is 4.90 Å². The van der Waals surface area contributed by atoms with E-state index in [2.05, 4.69) is 61.7 Å². The molecule has 21 heavy (non-hydrogen) atoms. The van der Waals surface area contributed by atoms with Crippen LogP contribution in [0.4, 0.5) is 0 Å². The van der Waals surface area contributed by atoms with Crippen LogP contribution in [0, 0.1) is 11.3 Å². The van der Waals surface area contributed by atoms with E-state index in [0.29, 0.717) is 17.5 Å². The lowest BCUT2D eigenvalue weighted by Crippen LogP contribution is -2.61. The minimum absolute atomic E-state index is 0.338. The summed E-state index contributed by atoms with van der Waals surface area (Å²) in [6, 6.07) is 3.57. The van der Waals surface area contributed by atoms with Crippen molar-refractivity contribution in [3.8, 4) is 0 Å². The van der Waals surface area contributed by atoms with Crippen LogP contribution in [-0.2, 0) is 6.42 Å². The Morgan fingerprint density at radius 2 is 2.14 bits per heavy atom. The molecule has 1 saturated heterocycles. The van der Waals surface area contributed by atoms with Gasteiger partial charge < -0.3 is 5.32 Å². The van der Waals surface area contributed by atoms with Crippen molar-refractivity contribution in [3.05, 3.63) is 22.4 Å². The second kappa shape index (κ2) is 7.26. The summed E-state index contributed by atoms with van der Waals surface area (Å²) in [5.74, 6) is 0.771. The fourth-order valence-corrected chi connectivity index (χ4v) is 4.12. The van der Waals surface area contributed by atoms with E-state index >= 15 is 0 Å². The maximum Gasteiger partial charge on any atom is 0.0269 e. The van der Waals surface area contributed by atoms with Gasteiger partial charge in [-0.2, -0.15) is 11.3 Å². The maximum absolute atomic E-state index is 3.79. The number of nitrogens with zero attached hydrogens (tertiary/aromatic N) is 1. The van der Waals surface area contributed by atoms with Gasteiger partial charge in [0.05, 0.1) is 0 Å². The van der Waals surface area contributed by atoms with E-state index in [1.165, 1.54) is 31.5 Å². The van der Waals surface area contributed by atoms with Crippen LogP contribution in [0.1, 0.15) is 46.6 Å². The van der Waals surface area contributed by atoms with E-state index < -0.39 is 0 Å². The van der Waals surface area contributed by atoms with Crippen LogP contribution in [-0.4, -0.2) is 36.6 Å². The van der Waals surface area contributed by atoms with Crippen molar-refractivity contribution in [2.75, 3.05) is 19.6 Å². The summed E-state index contributed by atoms with van der Waals surface area (Å²) < 4.78 is 0. The molecule has 2 nitrogen and oxygen atoms in total. The van der Waals surface area contributed by atoms with Gasteiger partial charge in [0.2, 0.25) is 0 Å². The minimum Gasteiger partial charge on any atom is -0.311 e. The third-order valence-electron chi connectivity index (χ3n) is 4.52. The molecule has 2 rings (SSSR count). The summed E-state index contributed by atoms with van der Waals surface area (Å²) in [6.45, 7) is 15.3. The Morgan fingerprint density at radius 1 is 1.38 bits per heavy atom. The van der Waals surface area contributed by atoms with Crippen molar-refractivity contribution in [1.29, 1.82) is 0 Å². The minimum atomic E-state index is 0.338. The molecule has 1 aromatic heterocycles. The van der Waals surface area contributed by atoms with Crippen LogP contribution in [0.5, 0.6) is 0 Å². The molecular formula is C18H32N2S. The average molecular weight is 309 g/mol. The first-order valence-electron chi connectivity index (χ1n) is 8.34. The van der Waals surface area contributed by atoms with E-state index in [4.69, 9.17) is 0 Å². The third-order valence-corrected chi connectivity index (χ3v) is 5.25. The summed E-state index contributed by atoms with van der Waals surface area (Å²) >= 11 is 1.81. The Morgan fingerprint density at radius 3 is 2.71 bits per heavy atom. The lowest BCUT2D eigenvalue weighted by Gasteiger charge is -2.47. The molecule has 1 aliphatic heterocycles. The zero-order chi connectivity index (χ0) is 15.5. The van der Waals surface area contributed by atoms with Crippen LogP contribution in [0.3, 0.4) is 0 Å². The predicted molar refractivity (Wildman–Crippen MR) is 94.1 cm³/mol. The number of thiophene rings is 1. The van der Waals surface area contributed by atoms with Crippen molar-refractivity contribution in [2.24, 2.45) is 11.3 Å². The van der Waals surface area contributed by atoms with Gasteiger partial charge in [0.25, 0.3) is 0 Å². The normalized spacial score (nSPS) is 24.7. The molecule has 2 unspecified atom stereocenters. The maximum atomic E-state index is 3.79. The summed E-state index contributed by atoms with van der Waals surface area (Å²) in [5, 5.41) is 8.27. The van der Waals surface area contributed by atoms with E-state index in [0.717, 1.165) is 12.5 Å². The molecule has 0 amide bonds. The topological polar surface area (TPSA) is 15.3 Å². The van der Waals surface area contributed by atoms with Gasteiger partial charge >= 0.3 is 0 Å². The number of piperazine rings is 1. The molecule has 0 bridgehead atoms. The standard InChI is InChI=1S/C18H32N2S/c1-14(2)10-16-12-20(8-6-15-7-9-21-13-15)17(11-19-16)18(3,4)5/h7,9,13-14,16-17,19H,6,8,10-12H2,1-5H3. The van der Waals surface area contributed by atoms with Gasteiger partial charge in [-0.25, -0.2) is 0 Å². The monoisotopic (exact) mass is 308 g/mol. The van der Waals surface area contributed by atoms with Crippen LogP contribution >= 0.6 is 11.3 Å². The molecule has 1 fully saturated rings. The van der Waals surface area contributed by atoms with Gasteiger partial charge in [-0.05, 0) is 46.6 Å². The lowest BCUT2D eigenvalue weighted by molar-refractivity contribution is 0.0525. The Balaban J connectivity index is 1.98. The highest BCUT2D eigenvalue weighted by Crippen LogP contribution is 2.27. The fraction of sp³-hybridized carbons (Fsp3) is 0.778. The predicted octanol–water partition coefficient (Wildman–Crippen LogP) is 4.03. The highest BCUT2D eigenvalue weighted by Gasteiger charge is 2.35. The SMILES string of the molecule is CC(C)CC1CN(CCc2ccsc2)C(C(C)(C)C)CN1. The third kappa shape index (κ3) is 5.08. The molecule has 2 heterocycles. The fourth-order valence-electron chi connectivity index (χ4n) is 3.42. The first kappa shape index (κ1) is 17.0. The first-order valence-corrected chi connectivity index (χ1v) is 9.29. The highest BCUT2D eigenvalue weighted by atomic mass is 32.1. The quantitative estimate of drug-likeness (QED) is 0.883. The smallest absolute Gasteiger partial charge is 0.0269 e. The largest absolute Gasteiger partial charge is 0.311 e. The molecule has 0 aromatic carbocycles. The van der Waals surface area contributed by atoms with Crippen LogP contribution in [0.15, 0.2) is 16.8 Å². The zero-order valence-electron chi connectivity index (χ0n) is 14.4. The van der Waals surface area contributed by atoms with E-state index in [1.54, 1.807) is 0 Å². The van der Waals surface area contributed by atoms with Gasteiger partial charge in [-0.1, -0.05) is 34.6 Å². The molecule has 3 heteroatoms. The Bertz CT molecular complexity index is 405. The highest BCUT2D eigenvalue weighted by molar-refractivity contribution is 7.07. The molecule has 1 N–H and O–H groups in total. The average Bonchev–Trinajstić information content (AvgIpc) is 2.87. The Kier molecular flexibility index (Phi) is 5.87. The molecule has 2 atom stereocenters. The van der Waals surface area contributed by atoms with Crippen LogP contribution < -0.4 is 5.32 Å². The molecule has 0 spiro atoms. The molecule has 0 saturated carbocycles. The lowest BCUT2D eigenvalue weighted by atomic mass is 9.83. The molecule has 1 aliphatic rings. The molecule has 1 aromatic rings. The van der Waals surface area contributed by atoms with E-state index in [-0.39, 0.29) is 0 Å². The Hall–Kier alpha value is -0.380. The van der Waals surface area contributed by atoms with Crippen molar-refractivity contribution < 1.29 is 0 Å². The van der Waals surface area contributed by atoms with Crippen molar-refractivity contribution in [3.63, 3.8) is 0 Å². The molecular weight excluding hydrogens is 276 g/mol. The van der Waals surface area contributed by atoms with Crippen LogP contribution in [0.2, 0.25) is 0 Å². The number of rotatable bonds is 5. The number of nitrogens with one attached hydrogen (secondary N) is 1. The van der Waals surface area contributed by atoms with Crippen molar-refractivity contribution in [2.45, 2.75) is 59.5 Å². The molecule has 0 radical (unpaired) electrons. The second-order valence-corrected chi connectivity index (χ2v) is 8.77. The van der Waals surface area contributed by atoms with E-state index in [1.807, 2.05) is 11.3 Å². The second-order valence-electron chi connectivity index (χ2n) is 7.99. The summed E-state index contributed by atoms with van der Waals surface area (Å²) in [7, 11) is 0. The van der Waals surface area contributed by atoms with Gasteiger partial charge in [0.1, 0.15) is 0 Å². The Labute approximate surface area is 134 Å². The zero-order valence-corrected chi connectivity index (χ0v) is 15.2.